The zero-order valence-electron chi connectivity index (χ0n) is 16.4. The number of fused-ring (bicyclic) bond motifs is 2. The molecule has 0 saturated heterocycles. The Morgan fingerprint density at radius 1 is 1.30 bits per heavy atom. The second-order valence-electron chi connectivity index (χ2n) is 7.20. The van der Waals surface area contributed by atoms with Gasteiger partial charge in [0, 0.05) is 25.1 Å². The van der Waals surface area contributed by atoms with Gasteiger partial charge in [0.15, 0.2) is 0 Å². The monoisotopic (exact) mass is 433 g/mol. The van der Waals surface area contributed by atoms with E-state index in [0.717, 1.165) is 31.5 Å². The van der Waals surface area contributed by atoms with Crippen LogP contribution in [0.3, 0.4) is 0 Å². The zero-order chi connectivity index (χ0) is 21.3. The van der Waals surface area contributed by atoms with Gasteiger partial charge in [-0.1, -0.05) is 24.6 Å². The van der Waals surface area contributed by atoms with E-state index < -0.39 is 6.61 Å². The Kier molecular flexibility index (Phi) is 5.80. The number of hydrogen-bond acceptors (Lipinski definition) is 5. The zero-order valence-corrected chi connectivity index (χ0v) is 17.2. The normalized spacial score (nSPS) is 13.9. The molecule has 0 bridgehead atoms. The lowest BCUT2D eigenvalue weighted by atomic mass is 10.2. The maximum Gasteiger partial charge on any atom is 0.387 e. The molecule has 1 amide bonds. The highest BCUT2D eigenvalue weighted by molar-refractivity contribution is 7.20. The van der Waals surface area contributed by atoms with Gasteiger partial charge in [0.2, 0.25) is 0 Å². The van der Waals surface area contributed by atoms with Crippen molar-refractivity contribution in [3.8, 4) is 5.75 Å². The van der Waals surface area contributed by atoms with Crippen molar-refractivity contribution >= 4 is 27.5 Å². The molecule has 6 nitrogen and oxygen atoms in total. The highest BCUT2D eigenvalue weighted by Crippen LogP contribution is 2.28. The first-order valence-electron chi connectivity index (χ1n) is 9.79. The van der Waals surface area contributed by atoms with Gasteiger partial charge in [0.1, 0.15) is 16.4 Å². The lowest BCUT2D eigenvalue weighted by Gasteiger charge is -2.11. The number of aryl methyl sites for hydroxylation is 2. The number of alkyl halides is 2. The summed E-state index contributed by atoms with van der Waals surface area (Å²) in [5.74, 6) is 0.419. The molecule has 30 heavy (non-hydrogen) atoms. The average molecular weight is 433 g/mol. The van der Waals surface area contributed by atoms with Crippen LogP contribution >= 0.6 is 11.3 Å². The summed E-state index contributed by atoms with van der Waals surface area (Å²) in [6.45, 7) is -0.525. The van der Waals surface area contributed by atoms with Crippen molar-refractivity contribution in [2.24, 2.45) is 0 Å². The molecule has 2 aromatic heterocycles. The topological polar surface area (TPSA) is 73.2 Å². The van der Waals surface area contributed by atoms with E-state index >= 15 is 0 Å². The van der Waals surface area contributed by atoms with Gasteiger partial charge < -0.3 is 10.1 Å². The molecule has 1 N–H and O–H groups in total. The molecule has 0 saturated carbocycles. The number of amides is 1. The predicted molar refractivity (Wildman–Crippen MR) is 110 cm³/mol. The van der Waals surface area contributed by atoms with E-state index in [4.69, 9.17) is 0 Å². The molecule has 0 unspecified atom stereocenters. The second kappa shape index (κ2) is 8.51. The molecule has 1 aliphatic rings. The molecule has 9 heteroatoms. The Hall–Kier alpha value is -2.81. The molecule has 158 valence electrons. The van der Waals surface area contributed by atoms with Crippen LogP contribution < -0.4 is 15.6 Å². The summed E-state index contributed by atoms with van der Waals surface area (Å²) in [5, 5.41) is 3.22. The van der Waals surface area contributed by atoms with Crippen molar-refractivity contribution < 1.29 is 18.3 Å². The largest absolute Gasteiger partial charge is 0.434 e. The van der Waals surface area contributed by atoms with Crippen molar-refractivity contribution in [1.82, 2.24) is 14.9 Å². The maximum absolute atomic E-state index is 13.0. The third-order valence-electron chi connectivity index (χ3n) is 5.25. The highest BCUT2D eigenvalue weighted by atomic mass is 32.1. The minimum Gasteiger partial charge on any atom is -0.434 e. The summed E-state index contributed by atoms with van der Waals surface area (Å²) in [6, 6.07) is 6.31. The van der Waals surface area contributed by atoms with Crippen molar-refractivity contribution in [1.29, 1.82) is 0 Å². The molecular formula is C21H21F2N3O3S. The van der Waals surface area contributed by atoms with E-state index in [1.165, 1.54) is 17.4 Å². The number of nitrogens with one attached hydrogen (secondary N) is 1. The van der Waals surface area contributed by atoms with E-state index in [2.05, 4.69) is 15.0 Å². The number of halogens is 2. The average Bonchev–Trinajstić information content (AvgIpc) is 2.88. The number of carbonyl (C=O) groups is 1. The maximum atomic E-state index is 13.0. The molecule has 0 spiro atoms. The van der Waals surface area contributed by atoms with Gasteiger partial charge >= 0.3 is 6.61 Å². The number of para-hydroxylation sites is 1. The third-order valence-corrected chi connectivity index (χ3v) is 6.43. The Balaban J connectivity index is 1.61. The summed E-state index contributed by atoms with van der Waals surface area (Å²) in [5.41, 5.74) is 0.942. The number of thiophene rings is 1. The van der Waals surface area contributed by atoms with E-state index in [9.17, 15) is 18.4 Å². The third kappa shape index (κ3) is 3.94. The SMILES string of the molecule is Cc1c(C(=O)NCc2ccccc2OC(F)F)sc2nc3n(c(=O)c12)CCCCC3. The van der Waals surface area contributed by atoms with E-state index in [1.54, 1.807) is 29.7 Å². The summed E-state index contributed by atoms with van der Waals surface area (Å²) in [7, 11) is 0. The van der Waals surface area contributed by atoms with Gasteiger partial charge in [-0.2, -0.15) is 8.78 Å². The van der Waals surface area contributed by atoms with Crippen LogP contribution in [0, 0.1) is 6.92 Å². The van der Waals surface area contributed by atoms with Crippen LogP contribution in [0.15, 0.2) is 29.1 Å². The molecule has 4 rings (SSSR count). The van der Waals surface area contributed by atoms with Crippen LogP contribution in [0.1, 0.15) is 45.9 Å². The Labute approximate surface area is 175 Å². The molecule has 0 aliphatic carbocycles. The van der Waals surface area contributed by atoms with Crippen LogP contribution in [0.4, 0.5) is 8.78 Å². The fourth-order valence-corrected chi connectivity index (χ4v) is 4.85. The summed E-state index contributed by atoms with van der Waals surface area (Å²) >= 11 is 1.19. The lowest BCUT2D eigenvalue weighted by Crippen LogP contribution is -2.25. The van der Waals surface area contributed by atoms with Crippen LogP contribution in [0.5, 0.6) is 5.75 Å². The molecule has 3 aromatic rings. The van der Waals surface area contributed by atoms with Crippen LogP contribution in [-0.4, -0.2) is 22.1 Å². The molecule has 1 aromatic carbocycles. The fraction of sp³-hybridized carbons (Fsp3) is 0.381. The highest BCUT2D eigenvalue weighted by Gasteiger charge is 2.22. The number of aromatic nitrogens is 2. The first kappa shape index (κ1) is 20.5. The molecular weight excluding hydrogens is 412 g/mol. The van der Waals surface area contributed by atoms with Crippen LogP contribution in [0.25, 0.3) is 10.2 Å². The first-order valence-corrected chi connectivity index (χ1v) is 10.6. The quantitative estimate of drug-likeness (QED) is 0.660. The van der Waals surface area contributed by atoms with Crippen LogP contribution in [-0.2, 0) is 19.5 Å². The number of carbonyl (C=O) groups excluding carboxylic acids is 1. The van der Waals surface area contributed by atoms with Gasteiger partial charge in [-0.25, -0.2) is 4.98 Å². The van der Waals surface area contributed by atoms with Crippen molar-refractivity contribution in [2.45, 2.75) is 52.3 Å². The van der Waals surface area contributed by atoms with E-state index in [0.29, 0.717) is 32.8 Å². The molecule has 0 atom stereocenters. The van der Waals surface area contributed by atoms with Crippen LogP contribution in [0.2, 0.25) is 0 Å². The second-order valence-corrected chi connectivity index (χ2v) is 8.20. The Morgan fingerprint density at radius 2 is 2.10 bits per heavy atom. The summed E-state index contributed by atoms with van der Waals surface area (Å²) in [4.78, 5) is 31.5. The van der Waals surface area contributed by atoms with Gasteiger partial charge in [0.25, 0.3) is 11.5 Å². The van der Waals surface area contributed by atoms with Crippen molar-refractivity contribution in [2.75, 3.05) is 0 Å². The number of hydrogen-bond donors (Lipinski definition) is 1. The molecule has 0 radical (unpaired) electrons. The fourth-order valence-electron chi connectivity index (χ4n) is 3.74. The van der Waals surface area contributed by atoms with Gasteiger partial charge in [-0.3, -0.25) is 14.2 Å². The van der Waals surface area contributed by atoms with Gasteiger partial charge in [0.05, 0.1) is 10.3 Å². The minimum absolute atomic E-state index is 0.0181. The molecule has 0 fully saturated rings. The van der Waals surface area contributed by atoms with E-state index in [1.807, 2.05) is 0 Å². The number of benzene rings is 1. The van der Waals surface area contributed by atoms with Gasteiger partial charge in [-0.15, -0.1) is 11.3 Å². The predicted octanol–water partition coefficient (Wildman–Crippen LogP) is 4.02. The number of rotatable bonds is 5. The summed E-state index contributed by atoms with van der Waals surface area (Å²) in [6.07, 6.45) is 3.76. The Bertz CT molecular complexity index is 1160. The molecule has 3 heterocycles. The number of nitrogens with zero attached hydrogens (tertiary/aromatic N) is 2. The minimum atomic E-state index is -2.94. The first-order chi connectivity index (χ1) is 14.5. The lowest BCUT2D eigenvalue weighted by molar-refractivity contribution is -0.0504. The Morgan fingerprint density at radius 3 is 2.90 bits per heavy atom. The standard InChI is InChI=1S/C21H21F2N3O3S/c1-12-16-19(25-15-9-3-2-6-10-26(15)20(16)28)30-17(12)18(27)24-11-13-7-4-5-8-14(13)29-21(22)23/h4-5,7-8,21H,2-3,6,9-11H2,1H3,(H,24,27). The smallest absolute Gasteiger partial charge is 0.387 e. The molecule has 1 aliphatic heterocycles. The summed E-state index contributed by atoms with van der Waals surface area (Å²) < 4.78 is 31.4. The van der Waals surface area contributed by atoms with Crippen molar-refractivity contribution in [3.63, 3.8) is 0 Å². The van der Waals surface area contributed by atoms with E-state index in [-0.39, 0.29) is 23.8 Å². The van der Waals surface area contributed by atoms with Crippen molar-refractivity contribution in [3.05, 3.63) is 56.4 Å². The number of ether oxygens (including phenoxy) is 1. The van der Waals surface area contributed by atoms with Gasteiger partial charge in [-0.05, 0) is 31.4 Å².